The predicted molar refractivity (Wildman–Crippen MR) is 184 cm³/mol. The van der Waals surface area contributed by atoms with Crippen LogP contribution in [0.25, 0.3) is 5.69 Å². The van der Waals surface area contributed by atoms with Crippen molar-refractivity contribution in [3.63, 3.8) is 0 Å². The van der Waals surface area contributed by atoms with Gasteiger partial charge in [0.1, 0.15) is 5.82 Å². The molecule has 2 aromatic heterocycles. The summed E-state index contributed by atoms with van der Waals surface area (Å²) in [6.07, 6.45) is 0.519. The van der Waals surface area contributed by atoms with Crippen molar-refractivity contribution in [3.8, 4) is 17.2 Å². The van der Waals surface area contributed by atoms with Gasteiger partial charge in [0.2, 0.25) is 0 Å². The molecule has 10 nitrogen and oxygen atoms in total. The summed E-state index contributed by atoms with van der Waals surface area (Å²) in [4.78, 5) is 28.0. The van der Waals surface area contributed by atoms with E-state index < -0.39 is 0 Å². The molecule has 1 N–H and O–H groups in total. The highest BCUT2D eigenvalue weighted by atomic mass is 32.2. The number of hydrogen-bond donors (Lipinski definition) is 1. The Labute approximate surface area is 285 Å². The Hall–Kier alpha value is -5.01. The quantitative estimate of drug-likeness (QED) is 0.158. The number of carbonyl (C=O) groups is 2. The lowest BCUT2D eigenvalue weighted by Crippen LogP contribution is -2.28. The molecule has 2 amide bonds. The molecule has 0 saturated carbocycles. The Kier molecular flexibility index (Phi) is 9.88. The molecule has 48 heavy (non-hydrogen) atoms. The smallest absolute Gasteiger partial charge is 0.253 e. The molecule has 246 valence electrons. The molecule has 1 atom stereocenters. The normalized spacial score (nSPS) is 14.1. The third kappa shape index (κ3) is 6.97. The molecule has 0 spiro atoms. The molecular weight excluding hydrogens is 652 g/mol. The van der Waals surface area contributed by atoms with E-state index in [1.165, 1.54) is 43.1 Å². The first-order valence-corrected chi connectivity index (χ1v) is 17.0. The van der Waals surface area contributed by atoms with Crippen LogP contribution in [0.2, 0.25) is 0 Å². The zero-order chi connectivity index (χ0) is 33.8. The van der Waals surface area contributed by atoms with E-state index in [4.69, 9.17) is 14.6 Å². The summed E-state index contributed by atoms with van der Waals surface area (Å²) >= 11 is 2.80. The third-order valence-electron chi connectivity index (χ3n) is 7.91. The van der Waals surface area contributed by atoms with Gasteiger partial charge < -0.3 is 14.8 Å². The Bertz CT molecular complexity index is 1980. The summed E-state index contributed by atoms with van der Waals surface area (Å²) in [6, 6.07) is 20.7. The van der Waals surface area contributed by atoms with Gasteiger partial charge in [-0.1, -0.05) is 42.1 Å². The number of halogens is 1. The Morgan fingerprint density at radius 2 is 1.79 bits per heavy atom. The molecule has 0 aliphatic carbocycles. The maximum Gasteiger partial charge on any atom is 0.253 e. The molecular formula is C35H33FN6O4S2. The first-order chi connectivity index (χ1) is 23.2. The van der Waals surface area contributed by atoms with Crippen LogP contribution in [0.3, 0.4) is 0 Å². The van der Waals surface area contributed by atoms with E-state index in [1.807, 2.05) is 54.1 Å². The van der Waals surface area contributed by atoms with Crippen LogP contribution in [0, 0.1) is 19.7 Å². The number of ether oxygens (including phenoxy) is 2. The SMILES string of the molecule is COc1ccc(C(=O)NCc2nnc(SCC(=O)N3N=C(c4cccs4)C[C@H]3c3ccc(F)cc3)n2-c2cc(C)ccc2C)cc1OC. The van der Waals surface area contributed by atoms with Crippen molar-refractivity contribution in [2.24, 2.45) is 5.10 Å². The van der Waals surface area contributed by atoms with Crippen molar-refractivity contribution < 1.29 is 23.5 Å². The predicted octanol–water partition coefficient (Wildman–Crippen LogP) is 6.50. The minimum atomic E-state index is -0.366. The van der Waals surface area contributed by atoms with Gasteiger partial charge in [-0.25, -0.2) is 9.40 Å². The van der Waals surface area contributed by atoms with Gasteiger partial charge in [-0.15, -0.1) is 21.5 Å². The summed E-state index contributed by atoms with van der Waals surface area (Å²) in [5, 5.41) is 20.5. The number of aromatic nitrogens is 3. The number of aryl methyl sites for hydroxylation is 2. The summed E-state index contributed by atoms with van der Waals surface area (Å²) in [5.74, 6) is 0.600. The standard InChI is InChI=1S/C35H33FN6O4S2/c1-21-7-8-22(2)27(16-21)41-32(19-37-34(44)24-11-14-29(45-3)30(17-24)46-4)38-39-35(41)48-20-33(43)42-28(23-9-12-25(36)13-10-23)18-26(40-42)31-6-5-15-47-31/h5-17,28H,18-20H2,1-4H3,(H,37,44)/t28-/m0/s1. The zero-order valence-corrected chi connectivity index (χ0v) is 28.4. The van der Waals surface area contributed by atoms with Crippen molar-refractivity contribution in [2.75, 3.05) is 20.0 Å². The van der Waals surface area contributed by atoms with E-state index in [0.717, 1.165) is 33.0 Å². The third-order valence-corrected chi connectivity index (χ3v) is 9.74. The maximum atomic E-state index is 13.8. The summed E-state index contributed by atoms with van der Waals surface area (Å²) < 4.78 is 26.3. The molecule has 1 aliphatic rings. The average Bonchev–Trinajstić information content (AvgIpc) is 3.88. The number of thiophene rings is 1. The second-order valence-electron chi connectivity index (χ2n) is 11.1. The largest absolute Gasteiger partial charge is 0.493 e. The van der Waals surface area contributed by atoms with E-state index in [-0.39, 0.29) is 36.0 Å². The second kappa shape index (κ2) is 14.4. The highest BCUT2D eigenvalue weighted by molar-refractivity contribution is 7.99. The summed E-state index contributed by atoms with van der Waals surface area (Å²) in [7, 11) is 3.04. The molecule has 6 rings (SSSR count). The number of methoxy groups -OCH3 is 2. The van der Waals surface area contributed by atoms with Crippen LogP contribution in [-0.2, 0) is 11.3 Å². The van der Waals surface area contributed by atoms with Gasteiger partial charge in [0.05, 0.1) is 48.8 Å². The van der Waals surface area contributed by atoms with Crippen molar-refractivity contribution in [3.05, 3.63) is 117 Å². The van der Waals surface area contributed by atoms with Gasteiger partial charge in [-0.2, -0.15) is 5.10 Å². The van der Waals surface area contributed by atoms with Crippen LogP contribution in [0.1, 0.15) is 50.2 Å². The van der Waals surface area contributed by atoms with Crippen LogP contribution < -0.4 is 14.8 Å². The molecule has 0 bridgehead atoms. The molecule has 0 fully saturated rings. The first kappa shape index (κ1) is 32.9. The minimum Gasteiger partial charge on any atom is -0.493 e. The number of carbonyl (C=O) groups excluding carboxylic acids is 2. The molecule has 3 heterocycles. The highest BCUT2D eigenvalue weighted by Crippen LogP contribution is 2.35. The first-order valence-electron chi connectivity index (χ1n) is 15.1. The number of nitrogens with one attached hydrogen (secondary N) is 1. The van der Waals surface area contributed by atoms with Crippen LogP contribution in [0.5, 0.6) is 11.5 Å². The fraction of sp³-hybridized carbons (Fsp3) is 0.229. The molecule has 5 aromatic rings. The second-order valence-corrected chi connectivity index (χ2v) is 13.0. The number of amides is 2. The topological polar surface area (TPSA) is 111 Å². The van der Waals surface area contributed by atoms with Crippen LogP contribution in [0.15, 0.2) is 88.4 Å². The fourth-order valence-corrected chi connectivity index (χ4v) is 6.96. The van der Waals surface area contributed by atoms with Gasteiger partial charge in [0.15, 0.2) is 22.5 Å². The Morgan fingerprint density at radius 1 is 1.00 bits per heavy atom. The number of rotatable bonds is 11. The Morgan fingerprint density at radius 3 is 2.52 bits per heavy atom. The van der Waals surface area contributed by atoms with E-state index in [9.17, 15) is 14.0 Å². The van der Waals surface area contributed by atoms with Gasteiger partial charge in [-0.3, -0.25) is 14.2 Å². The van der Waals surface area contributed by atoms with Gasteiger partial charge in [0, 0.05) is 12.0 Å². The molecule has 13 heteroatoms. The molecule has 1 aliphatic heterocycles. The fourth-order valence-electron chi connectivity index (χ4n) is 5.42. The number of thioether (sulfide) groups is 1. The maximum absolute atomic E-state index is 13.8. The van der Waals surface area contributed by atoms with Crippen molar-refractivity contribution in [2.45, 2.75) is 38.0 Å². The van der Waals surface area contributed by atoms with Gasteiger partial charge >= 0.3 is 0 Å². The lowest BCUT2D eigenvalue weighted by Gasteiger charge is -2.22. The van der Waals surface area contributed by atoms with Crippen LogP contribution in [-0.4, -0.2) is 57.3 Å². The molecule has 0 saturated heterocycles. The van der Waals surface area contributed by atoms with E-state index >= 15 is 0 Å². The van der Waals surface area contributed by atoms with E-state index in [0.29, 0.717) is 34.5 Å². The number of hydrazone groups is 1. The van der Waals surface area contributed by atoms with E-state index in [2.05, 4.69) is 15.5 Å². The van der Waals surface area contributed by atoms with Crippen LogP contribution in [0.4, 0.5) is 4.39 Å². The summed E-state index contributed by atoms with van der Waals surface area (Å²) in [6.45, 7) is 4.06. The number of benzene rings is 3. The van der Waals surface area contributed by atoms with E-state index in [1.54, 1.807) is 41.7 Å². The summed E-state index contributed by atoms with van der Waals surface area (Å²) in [5.41, 5.74) is 4.86. The van der Waals surface area contributed by atoms with Crippen molar-refractivity contribution >= 4 is 40.6 Å². The minimum absolute atomic E-state index is 0.0277. The van der Waals surface area contributed by atoms with Crippen LogP contribution >= 0.6 is 23.1 Å². The molecule has 0 radical (unpaired) electrons. The molecule has 3 aromatic carbocycles. The van der Waals surface area contributed by atoms with Crippen molar-refractivity contribution in [1.82, 2.24) is 25.1 Å². The molecule has 0 unspecified atom stereocenters. The van der Waals surface area contributed by atoms with Gasteiger partial charge in [-0.05, 0) is 78.4 Å². The van der Waals surface area contributed by atoms with Crippen molar-refractivity contribution in [1.29, 1.82) is 0 Å². The number of nitrogens with zero attached hydrogens (tertiary/aromatic N) is 5. The number of hydrogen-bond acceptors (Lipinski definition) is 9. The monoisotopic (exact) mass is 684 g/mol. The van der Waals surface area contributed by atoms with Gasteiger partial charge in [0.25, 0.3) is 11.8 Å². The zero-order valence-electron chi connectivity index (χ0n) is 26.8. The highest BCUT2D eigenvalue weighted by Gasteiger charge is 2.34. The Balaban J connectivity index is 1.25. The lowest BCUT2D eigenvalue weighted by molar-refractivity contribution is -0.130. The average molecular weight is 685 g/mol. The lowest BCUT2D eigenvalue weighted by atomic mass is 10.0.